The highest BCUT2D eigenvalue weighted by Crippen LogP contribution is 2.13. The van der Waals surface area contributed by atoms with Crippen molar-refractivity contribution in [2.75, 3.05) is 13.2 Å². The minimum absolute atomic E-state index is 0.0969. The average Bonchev–Trinajstić information content (AvgIpc) is 2.09. The molecule has 0 bridgehead atoms. The van der Waals surface area contributed by atoms with Crippen molar-refractivity contribution in [3.8, 4) is 0 Å². The van der Waals surface area contributed by atoms with E-state index in [0.717, 1.165) is 0 Å². The van der Waals surface area contributed by atoms with Crippen LogP contribution in [0.25, 0.3) is 0 Å². The summed E-state index contributed by atoms with van der Waals surface area (Å²) < 4.78 is 0. The van der Waals surface area contributed by atoms with E-state index in [9.17, 15) is 10.2 Å². The second-order valence-corrected chi connectivity index (χ2v) is 3.13. The summed E-state index contributed by atoms with van der Waals surface area (Å²) in [4.78, 5) is 0. The van der Waals surface area contributed by atoms with Crippen LogP contribution in [0, 0.1) is 0 Å². The van der Waals surface area contributed by atoms with Gasteiger partial charge in [-0.1, -0.05) is 0 Å². The Balaban J connectivity index is 2.52. The lowest BCUT2D eigenvalue weighted by Gasteiger charge is -2.36. The van der Waals surface area contributed by atoms with E-state index in [1.54, 1.807) is 0 Å². The topological polar surface area (TPSA) is 93.0 Å². The molecular weight excluding hydrogens is 162 g/mol. The van der Waals surface area contributed by atoms with E-state index in [1.807, 2.05) is 0 Å². The Kier molecular flexibility index (Phi) is 3.42. The summed E-state index contributed by atoms with van der Waals surface area (Å²) >= 11 is 0. The second-order valence-electron chi connectivity index (χ2n) is 3.13. The molecule has 4 atom stereocenters. The predicted octanol–water partition coefficient (Wildman–Crippen LogP) is -2.58. The zero-order valence-electron chi connectivity index (χ0n) is 6.72. The van der Waals surface area contributed by atoms with Crippen molar-refractivity contribution in [3.05, 3.63) is 0 Å². The molecule has 0 aliphatic carbocycles. The molecule has 0 aromatic heterocycles. The number of piperidine rings is 1. The molecule has 1 heterocycles. The van der Waals surface area contributed by atoms with Crippen molar-refractivity contribution < 1.29 is 20.4 Å². The quantitative estimate of drug-likeness (QED) is 0.319. The van der Waals surface area contributed by atoms with Gasteiger partial charge >= 0.3 is 0 Å². The molecular formula is C7H15NO4. The molecule has 1 fully saturated rings. The van der Waals surface area contributed by atoms with Crippen LogP contribution in [0.2, 0.25) is 0 Å². The zero-order valence-corrected chi connectivity index (χ0v) is 6.72. The SMILES string of the molecule is OC[C@H]1C[C@@H](O)[C@H](O)[C@@H](CO)N1. The minimum Gasteiger partial charge on any atom is -0.395 e. The maximum Gasteiger partial charge on any atom is 0.0974 e. The van der Waals surface area contributed by atoms with E-state index < -0.39 is 18.2 Å². The van der Waals surface area contributed by atoms with Gasteiger partial charge in [0.15, 0.2) is 0 Å². The van der Waals surface area contributed by atoms with Crippen molar-refractivity contribution in [3.63, 3.8) is 0 Å². The van der Waals surface area contributed by atoms with Crippen molar-refractivity contribution in [2.24, 2.45) is 0 Å². The third-order valence-electron chi connectivity index (χ3n) is 2.20. The number of hydrogen-bond donors (Lipinski definition) is 5. The molecule has 0 spiro atoms. The summed E-state index contributed by atoms with van der Waals surface area (Å²) in [5.74, 6) is 0. The van der Waals surface area contributed by atoms with E-state index in [0.29, 0.717) is 6.42 Å². The van der Waals surface area contributed by atoms with E-state index in [1.165, 1.54) is 0 Å². The average molecular weight is 177 g/mol. The van der Waals surface area contributed by atoms with Crippen molar-refractivity contribution in [1.82, 2.24) is 5.32 Å². The Morgan fingerprint density at radius 1 is 1.17 bits per heavy atom. The first-order chi connectivity index (χ1) is 5.69. The van der Waals surface area contributed by atoms with E-state index in [4.69, 9.17) is 10.2 Å². The van der Waals surface area contributed by atoms with Crippen LogP contribution in [0.3, 0.4) is 0 Å². The molecule has 5 N–H and O–H groups in total. The van der Waals surface area contributed by atoms with Crippen LogP contribution in [0.4, 0.5) is 0 Å². The van der Waals surface area contributed by atoms with Gasteiger partial charge in [-0.3, -0.25) is 0 Å². The monoisotopic (exact) mass is 177 g/mol. The maximum atomic E-state index is 9.30. The van der Waals surface area contributed by atoms with Crippen LogP contribution in [-0.2, 0) is 0 Å². The highest BCUT2D eigenvalue weighted by molar-refractivity contribution is 4.91. The summed E-state index contributed by atoms with van der Waals surface area (Å²) in [6, 6.07) is -0.772. The van der Waals surface area contributed by atoms with Gasteiger partial charge in [0.05, 0.1) is 31.5 Å². The van der Waals surface area contributed by atoms with Crippen LogP contribution >= 0.6 is 0 Å². The Labute approximate surface area is 70.6 Å². The standard InChI is InChI=1S/C7H15NO4/c9-2-4-1-6(11)7(12)5(3-10)8-4/h4-12H,1-3H2/t4-,5-,6-,7-/m1/s1. The Morgan fingerprint density at radius 3 is 2.33 bits per heavy atom. The van der Waals surface area contributed by atoms with Crippen molar-refractivity contribution >= 4 is 0 Å². The number of rotatable bonds is 2. The predicted molar refractivity (Wildman–Crippen MR) is 41.5 cm³/mol. The Bertz CT molecular complexity index is 143. The number of hydrogen-bond acceptors (Lipinski definition) is 5. The minimum atomic E-state index is -0.946. The molecule has 1 aliphatic heterocycles. The van der Waals surface area contributed by atoms with E-state index >= 15 is 0 Å². The largest absolute Gasteiger partial charge is 0.395 e. The third-order valence-corrected chi connectivity index (χ3v) is 2.20. The lowest BCUT2D eigenvalue weighted by atomic mass is 9.94. The molecule has 1 aliphatic rings. The summed E-state index contributed by atoms with van der Waals surface area (Å²) in [5, 5.41) is 38.9. The van der Waals surface area contributed by atoms with Gasteiger partial charge in [-0.2, -0.15) is 0 Å². The van der Waals surface area contributed by atoms with Crippen molar-refractivity contribution in [2.45, 2.75) is 30.7 Å². The number of nitrogens with one attached hydrogen (secondary N) is 1. The normalized spacial score (nSPS) is 43.0. The summed E-state index contributed by atoms with van der Waals surface area (Å²) in [5.41, 5.74) is 0. The first-order valence-corrected chi connectivity index (χ1v) is 4.03. The number of aliphatic hydroxyl groups excluding tert-OH is 4. The molecule has 0 unspecified atom stereocenters. The molecule has 0 amide bonds. The molecule has 0 radical (unpaired) electrons. The van der Waals surface area contributed by atoms with Crippen LogP contribution in [-0.4, -0.2) is 57.9 Å². The third kappa shape index (κ3) is 1.94. The Hall–Kier alpha value is -0.200. The van der Waals surface area contributed by atoms with E-state index in [-0.39, 0.29) is 19.3 Å². The van der Waals surface area contributed by atoms with Crippen LogP contribution in [0.15, 0.2) is 0 Å². The second kappa shape index (κ2) is 4.15. The molecule has 72 valence electrons. The summed E-state index contributed by atoms with van der Waals surface area (Å²) in [7, 11) is 0. The lowest BCUT2D eigenvalue weighted by Crippen LogP contribution is -2.59. The van der Waals surface area contributed by atoms with Crippen LogP contribution in [0.5, 0.6) is 0 Å². The van der Waals surface area contributed by atoms with Gasteiger partial charge < -0.3 is 25.7 Å². The van der Waals surface area contributed by atoms with Gasteiger partial charge in [-0.25, -0.2) is 0 Å². The molecule has 0 saturated carbocycles. The first-order valence-electron chi connectivity index (χ1n) is 4.03. The summed E-state index contributed by atoms with van der Waals surface area (Å²) in [6.07, 6.45) is -1.49. The maximum absolute atomic E-state index is 9.30. The van der Waals surface area contributed by atoms with Gasteiger partial charge in [0.2, 0.25) is 0 Å². The van der Waals surface area contributed by atoms with Crippen LogP contribution in [0.1, 0.15) is 6.42 Å². The molecule has 5 nitrogen and oxygen atoms in total. The Morgan fingerprint density at radius 2 is 1.83 bits per heavy atom. The molecule has 0 aromatic rings. The van der Waals surface area contributed by atoms with E-state index in [2.05, 4.69) is 5.32 Å². The smallest absolute Gasteiger partial charge is 0.0974 e. The molecule has 1 saturated heterocycles. The molecule has 5 heteroatoms. The van der Waals surface area contributed by atoms with Gasteiger partial charge in [0.25, 0.3) is 0 Å². The van der Waals surface area contributed by atoms with Gasteiger partial charge in [0, 0.05) is 6.04 Å². The highest BCUT2D eigenvalue weighted by Gasteiger charge is 2.34. The number of aliphatic hydroxyl groups is 4. The fourth-order valence-electron chi connectivity index (χ4n) is 1.46. The lowest BCUT2D eigenvalue weighted by molar-refractivity contribution is -0.0563. The fraction of sp³-hybridized carbons (Fsp3) is 1.00. The fourth-order valence-corrected chi connectivity index (χ4v) is 1.46. The molecule has 12 heavy (non-hydrogen) atoms. The molecule has 1 rings (SSSR count). The highest BCUT2D eigenvalue weighted by atomic mass is 16.3. The zero-order chi connectivity index (χ0) is 9.14. The van der Waals surface area contributed by atoms with Crippen LogP contribution < -0.4 is 5.32 Å². The first kappa shape index (κ1) is 9.88. The van der Waals surface area contributed by atoms with Crippen molar-refractivity contribution in [1.29, 1.82) is 0 Å². The summed E-state index contributed by atoms with van der Waals surface area (Å²) in [6.45, 7) is -0.338. The van der Waals surface area contributed by atoms with Gasteiger partial charge in [-0.15, -0.1) is 0 Å². The molecule has 0 aromatic carbocycles. The van der Waals surface area contributed by atoms with Gasteiger partial charge in [0.1, 0.15) is 0 Å². The van der Waals surface area contributed by atoms with Gasteiger partial charge in [-0.05, 0) is 6.42 Å².